The van der Waals surface area contributed by atoms with Gasteiger partial charge in [-0.1, -0.05) is 18.2 Å². The molecule has 3 rings (SSSR count). The molecule has 0 amide bonds. The Balaban J connectivity index is 2.02. The largest absolute Gasteiger partial charge is 0.416 e. The van der Waals surface area contributed by atoms with Crippen molar-refractivity contribution in [2.45, 2.75) is 23.9 Å². The first-order chi connectivity index (χ1) is 9.86. The monoisotopic (exact) mass is 314 g/mol. The molecule has 0 saturated heterocycles. The molecule has 0 heterocycles. The topological polar surface area (TPSA) is 0 Å². The van der Waals surface area contributed by atoms with E-state index < -0.39 is 17.1 Å². The van der Waals surface area contributed by atoms with Crippen LogP contribution in [-0.2, 0) is 6.18 Å². The molecule has 0 spiro atoms. The molecule has 0 N–H and O–H groups in total. The molecule has 0 aromatic heterocycles. The SMILES string of the molecule is Fc1ccc(C2CC(Cl)c3cc(C(F)(F)F)ccc32)cc1. The molecule has 1 aliphatic carbocycles. The molecule has 2 aromatic rings. The van der Waals surface area contributed by atoms with Crippen LogP contribution in [-0.4, -0.2) is 0 Å². The molecule has 0 nitrogen and oxygen atoms in total. The molecule has 110 valence electrons. The Bertz CT molecular complexity index is 661. The van der Waals surface area contributed by atoms with E-state index in [2.05, 4.69) is 0 Å². The van der Waals surface area contributed by atoms with Crippen LogP contribution in [0.2, 0.25) is 0 Å². The van der Waals surface area contributed by atoms with Crippen molar-refractivity contribution in [2.75, 3.05) is 0 Å². The summed E-state index contributed by atoms with van der Waals surface area (Å²) < 4.78 is 51.3. The quantitative estimate of drug-likeness (QED) is 0.470. The highest BCUT2D eigenvalue weighted by molar-refractivity contribution is 6.21. The van der Waals surface area contributed by atoms with Crippen LogP contribution in [0.5, 0.6) is 0 Å². The summed E-state index contributed by atoms with van der Waals surface area (Å²) in [5.41, 5.74) is 1.47. The number of hydrogen-bond donors (Lipinski definition) is 0. The Morgan fingerprint density at radius 1 is 0.952 bits per heavy atom. The van der Waals surface area contributed by atoms with Gasteiger partial charge in [0.2, 0.25) is 0 Å². The van der Waals surface area contributed by atoms with Gasteiger partial charge in [0.25, 0.3) is 0 Å². The van der Waals surface area contributed by atoms with Gasteiger partial charge in [0.05, 0.1) is 10.9 Å². The highest BCUT2D eigenvalue weighted by Crippen LogP contribution is 2.48. The van der Waals surface area contributed by atoms with Crippen LogP contribution < -0.4 is 0 Å². The van der Waals surface area contributed by atoms with Crippen molar-refractivity contribution in [3.8, 4) is 0 Å². The normalized spacial score (nSPS) is 21.4. The van der Waals surface area contributed by atoms with Gasteiger partial charge >= 0.3 is 6.18 Å². The summed E-state index contributed by atoms with van der Waals surface area (Å²) in [4.78, 5) is 0. The van der Waals surface area contributed by atoms with Gasteiger partial charge in [-0.05, 0) is 47.4 Å². The number of fused-ring (bicyclic) bond motifs is 1. The predicted octanol–water partition coefficient (Wildman–Crippen LogP) is 5.66. The fraction of sp³-hybridized carbons (Fsp3) is 0.250. The number of halogens is 5. The molecular formula is C16H11ClF4. The van der Waals surface area contributed by atoms with Gasteiger partial charge in [-0.3, -0.25) is 0 Å². The molecule has 2 atom stereocenters. The fourth-order valence-electron chi connectivity index (χ4n) is 2.81. The first-order valence-corrected chi connectivity index (χ1v) is 6.90. The molecule has 0 aliphatic heterocycles. The number of benzene rings is 2. The molecule has 0 radical (unpaired) electrons. The Labute approximate surface area is 124 Å². The average Bonchev–Trinajstić information content (AvgIpc) is 2.76. The summed E-state index contributed by atoms with van der Waals surface area (Å²) in [5, 5.41) is -0.461. The second-order valence-electron chi connectivity index (χ2n) is 5.15. The summed E-state index contributed by atoms with van der Waals surface area (Å²) in [6, 6.07) is 9.67. The standard InChI is InChI=1S/C16H11ClF4/c17-15-8-13(9-1-4-11(18)5-2-9)12-6-3-10(7-14(12)15)16(19,20)21/h1-7,13,15H,8H2. The highest BCUT2D eigenvalue weighted by Gasteiger charge is 2.36. The molecule has 21 heavy (non-hydrogen) atoms. The molecular weight excluding hydrogens is 304 g/mol. The van der Waals surface area contributed by atoms with Crippen LogP contribution in [0.4, 0.5) is 17.6 Å². The second-order valence-corrected chi connectivity index (χ2v) is 5.68. The molecule has 0 bridgehead atoms. The fourth-order valence-corrected chi connectivity index (χ4v) is 3.18. The lowest BCUT2D eigenvalue weighted by atomic mass is 9.92. The first-order valence-electron chi connectivity index (χ1n) is 6.47. The van der Waals surface area contributed by atoms with Crippen molar-refractivity contribution >= 4 is 11.6 Å². The Kier molecular flexibility index (Phi) is 3.44. The molecule has 0 saturated carbocycles. The van der Waals surface area contributed by atoms with Gasteiger partial charge < -0.3 is 0 Å². The van der Waals surface area contributed by atoms with Crippen LogP contribution in [0.3, 0.4) is 0 Å². The summed E-state index contributed by atoms with van der Waals surface area (Å²) in [6.45, 7) is 0. The van der Waals surface area contributed by atoms with E-state index in [1.54, 1.807) is 12.1 Å². The minimum atomic E-state index is -4.38. The highest BCUT2D eigenvalue weighted by atomic mass is 35.5. The van der Waals surface area contributed by atoms with E-state index in [0.717, 1.165) is 23.3 Å². The minimum absolute atomic E-state index is 0.0922. The van der Waals surface area contributed by atoms with E-state index in [4.69, 9.17) is 11.6 Å². The van der Waals surface area contributed by atoms with Gasteiger partial charge in [-0.25, -0.2) is 4.39 Å². The van der Waals surface area contributed by atoms with E-state index in [-0.39, 0.29) is 11.7 Å². The zero-order chi connectivity index (χ0) is 15.2. The number of rotatable bonds is 1. The van der Waals surface area contributed by atoms with Crippen LogP contribution in [0.25, 0.3) is 0 Å². The number of hydrogen-bond acceptors (Lipinski definition) is 0. The lowest BCUT2D eigenvalue weighted by Crippen LogP contribution is -2.06. The summed E-state index contributed by atoms with van der Waals surface area (Å²) >= 11 is 6.20. The zero-order valence-electron chi connectivity index (χ0n) is 10.8. The van der Waals surface area contributed by atoms with Crippen molar-refractivity contribution in [3.63, 3.8) is 0 Å². The third kappa shape index (κ3) is 2.64. The maximum absolute atomic E-state index is 13.0. The van der Waals surface area contributed by atoms with Crippen LogP contribution in [0.1, 0.15) is 40.0 Å². The van der Waals surface area contributed by atoms with E-state index in [1.165, 1.54) is 18.2 Å². The first kappa shape index (κ1) is 14.4. The van der Waals surface area contributed by atoms with Gasteiger partial charge in [-0.2, -0.15) is 13.2 Å². The maximum atomic E-state index is 13.0. The Hall–Kier alpha value is -1.55. The van der Waals surface area contributed by atoms with Crippen molar-refractivity contribution < 1.29 is 17.6 Å². The van der Waals surface area contributed by atoms with Gasteiger partial charge in [0, 0.05) is 5.92 Å². The molecule has 2 aromatic carbocycles. The van der Waals surface area contributed by atoms with Gasteiger partial charge in [0.1, 0.15) is 5.82 Å². The smallest absolute Gasteiger partial charge is 0.207 e. The molecule has 2 unspecified atom stereocenters. The lowest BCUT2D eigenvalue weighted by Gasteiger charge is -2.13. The summed E-state index contributed by atoms with van der Waals surface area (Å²) in [5.74, 6) is -0.433. The van der Waals surface area contributed by atoms with E-state index in [0.29, 0.717) is 12.0 Å². The zero-order valence-corrected chi connectivity index (χ0v) is 11.5. The van der Waals surface area contributed by atoms with Crippen molar-refractivity contribution in [2.24, 2.45) is 0 Å². The molecule has 0 fully saturated rings. The van der Waals surface area contributed by atoms with E-state index in [1.807, 2.05) is 0 Å². The Morgan fingerprint density at radius 3 is 2.24 bits per heavy atom. The summed E-state index contributed by atoms with van der Waals surface area (Å²) in [7, 11) is 0. The van der Waals surface area contributed by atoms with Crippen LogP contribution >= 0.6 is 11.6 Å². The van der Waals surface area contributed by atoms with Crippen molar-refractivity contribution in [3.05, 3.63) is 70.5 Å². The van der Waals surface area contributed by atoms with Crippen molar-refractivity contribution in [1.82, 2.24) is 0 Å². The van der Waals surface area contributed by atoms with Gasteiger partial charge in [0.15, 0.2) is 0 Å². The minimum Gasteiger partial charge on any atom is -0.207 e. The number of alkyl halides is 4. The third-order valence-electron chi connectivity index (χ3n) is 3.84. The second kappa shape index (κ2) is 5.02. The van der Waals surface area contributed by atoms with Crippen molar-refractivity contribution in [1.29, 1.82) is 0 Å². The van der Waals surface area contributed by atoms with E-state index >= 15 is 0 Å². The Morgan fingerprint density at radius 2 is 1.62 bits per heavy atom. The van der Waals surface area contributed by atoms with E-state index in [9.17, 15) is 17.6 Å². The third-order valence-corrected chi connectivity index (χ3v) is 4.26. The molecule has 5 heteroatoms. The average molecular weight is 315 g/mol. The lowest BCUT2D eigenvalue weighted by molar-refractivity contribution is -0.137. The predicted molar refractivity (Wildman–Crippen MR) is 72.9 cm³/mol. The maximum Gasteiger partial charge on any atom is 0.416 e. The summed E-state index contributed by atoms with van der Waals surface area (Å²) in [6.07, 6.45) is -3.86. The van der Waals surface area contributed by atoms with Gasteiger partial charge in [-0.15, -0.1) is 11.6 Å². The van der Waals surface area contributed by atoms with Crippen LogP contribution in [0, 0.1) is 5.82 Å². The van der Waals surface area contributed by atoms with Crippen LogP contribution in [0.15, 0.2) is 42.5 Å². The molecule has 1 aliphatic rings.